The SMILES string of the molecule is Cc1c2ccc(Nc3nccc(=O)[nH]3)cc2nn1C. The summed E-state index contributed by atoms with van der Waals surface area (Å²) in [6.07, 6.45) is 1.46. The summed E-state index contributed by atoms with van der Waals surface area (Å²) in [6, 6.07) is 7.23. The Morgan fingerprint density at radius 1 is 1.32 bits per heavy atom. The number of benzene rings is 1. The second kappa shape index (κ2) is 4.24. The van der Waals surface area contributed by atoms with E-state index in [1.807, 2.05) is 36.9 Å². The van der Waals surface area contributed by atoms with Crippen LogP contribution in [0.3, 0.4) is 0 Å². The van der Waals surface area contributed by atoms with Crippen LogP contribution in [0.2, 0.25) is 0 Å². The average Bonchev–Trinajstić information content (AvgIpc) is 2.65. The van der Waals surface area contributed by atoms with Gasteiger partial charge in [-0.15, -0.1) is 0 Å². The number of hydrogen-bond acceptors (Lipinski definition) is 4. The summed E-state index contributed by atoms with van der Waals surface area (Å²) < 4.78 is 1.84. The van der Waals surface area contributed by atoms with E-state index in [-0.39, 0.29) is 5.56 Å². The molecule has 1 aromatic carbocycles. The molecule has 0 amide bonds. The zero-order valence-corrected chi connectivity index (χ0v) is 10.6. The second-order valence-electron chi connectivity index (χ2n) is 4.35. The van der Waals surface area contributed by atoms with Crippen LogP contribution < -0.4 is 10.9 Å². The molecule has 0 aliphatic rings. The highest BCUT2D eigenvalue weighted by molar-refractivity contribution is 5.85. The summed E-state index contributed by atoms with van der Waals surface area (Å²) in [7, 11) is 1.92. The smallest absolute Gasteiger partial charge is 0.252 e. The Bertz CT molecular complexity index is 802. The van der Waals surface area contributed by atoms with Crippen molar-refractivity contribution < 1.29 is 0 Å². The van der Waals surface area contributed by atoms with Gasteiger partial charge in [-0.1, -0.05) is 0 Å². The molecule has 2 N–H and O–H groups in total. The number of nitrogens with zero attached hydrogens (tertiary/aromatic N) is 3. The van der Waals surface area contributed by atoms with E-state index in [0.717, 1.165) is 22.3 Å². The fourth-order valence-corrected chi connectivity index (χ4v) is 1.98. The third-order valence-electron chi connectivity index (χ3n) is 3.06. The molecule has 2 aromatic heterocycles. The number of H-pyrrole nitrogens is 1. The minimum atomic E-state index is -0.188. The molecule has 2 heterocycles. The van der Waals surface area contributed by atoms with E-state index in [1.165, 1.54) is 12.3 Å². The molecule has 0 radical (unpaired) electrons. The first-order valence-electron chi connectivity index (χ1n) is 5.89. The molecule has 0 atom stereocenters. The first kappa shape index (κ1) is 11.5. The fraction of sp³-hybridized carbons (Fsp3) is 0.154. The minimum Gasteiger partial charge on any atom is -0.326 e. The summed E-state index contributed by atoms with van der Waals surface area (Å²) in [6.45, 7) is 2.03. The lowest BCUT2D eigenvalue weighted by molar-refractivity contribution is 0.751. The van der Waals surface area contributed by atoms with Crippen LogP contribution in [0.25, 0.3) is 10.9 Å². The van der Waals surface area contributed by atoms with Crippen LogP contribution in [0.5, 0.6) is 0 Å². The lowest BCUT2D eigenvalue weighted by atomic mass is 10.2. The van der Waals surface area contributed by atoms with Gasteiger partial charge in [0.15, 0.2) is 0 Å². The maximum Gasteiger partial charge on any atom is 0.252 e. The maximum atomic E-state index is 11.2. The highest BCUT2D eigenvalue weighted by atomic mass is 16.1. The molecular weight excluding hydrogens is 242 g/mol. The first-order valence-corrected chi connectivity index (χ1v) is 5.89. The number of aromatic amines is 1. The number of aromatic nitrogens is 4. The van der Waals surface area contributed by atoms with Crippen LogP contribution in [0, 0.1) is 6.92 Å². The Morgan fingerprint density at radius 3 is 2.95 bits per heavy atom. The number of anilines is 2. The number of fused-ring (bicyclic) bond motifs is 1. The van der Waals surface area contributed by atoms with Gasteiger partial charge < -0.3 is 5.32 Å². The molecule has 0 unspecified atom stereocenters. The van der Waals surface area contributed by atoms with Crippen molar-refractivity contribution in [3.8, 4) is 0 Å². The molecule has 6 heteroatoms. The minimum absolute atomic E-state index is 0.188. The zero-order chi connectivity index (χ0) is 13.4. The molecule has 96 valence electrons. The molecule has 6 nitrogen and oxygen atoms in total. The molecule has 0 aliphatic carbocycles. The zero-order valence-electron chi connectivity index (χ0n) is 10.6. The summed E-state index contributed by atoms with van der Waals surface area (Å²) in [5, 5.41) is 8.58. The van der Waals surface area contributed by atoms with Crippen molar-refractivity contribution in [1.82, 2.24) is 19.7 Å². The van der Waals surface area contributed by atoms with Gasteiger partial charge in [-0.3, -0.25) is 14.5 Å². The quantitative estimate of drug-likeness (QED) is 0.731. The highest BCUT2D eigenvalue weighted by Crippen LogP contribution is 2.22. The van der Waals surface area contributed by atoms with Gasteiger partial charge in [-0.25, -0.2) is 4.98 Å². The van der Waals surface area contributed by atoms with Gasteiger partial charge in [0, 0.05) is 36.1 Å². The van der Waals surface area contributed by atoms with E-state index in [0.29, 0.717) is 5.95 Å². The van der Waals surface area contributed by atoms with Gasteiger partial charge >= 0.3 is 0 Å². The number of hydrogen-bond donors (Lipinski definition) is 2. The number of aryl methyl sites for hydroxylation is 2. The summed E-state index contributed by atoms with van der Waals surface area (Å²) in [5.74, 6) is 0.416. The van der Waals surface area contributed by atoms with Gasteiger partial charge in [-0.2, -0.15) is 5.10 Å². The molecule has 19 heavy (non-hydrogen) atoms. The van der Waals surface area contributed by atoms with E-state index < -0.39 is 0 Å². The van der Waals surface area contributed by atoms with Gasteiger partial charge in [0.1, 0.15) is 0 Å². The number of nitrogens with one attached hydrogen (secondary N) is 2. The predicted octanol–water partition coefficient (Wildman–Crippen LogP) is 1.71. The largest absolute Gasteiger partial charge is 0.326 e. The van der Waals surface area contributed by atoms with Gasteiger partial charge in [0.05, 0.1) is 5.52 Å². The van der Waals surface area contributed by atoms with E-state index in [9.17, 15) is 4.79 Å². The molecule has 0 spiro atoms. The molecule has 3 rings (SSSR count). The summed E-state index contributed by atoms with van der Waals surface area (Å²) in [4.78, 5) is 17.9. The van der Waals surface area contributed by atoms with Crippen molar-refractivity contribution in [1.29, 1.82) is 0 Å². The Balaban J connectivity index is 2.00. The molecule has 0 saturated heterocycles. The monoisotopic (exact) mass is 255 g/mol. The van der Waals surface area contributed by atoms with Crippen LogP contribution in [0.15, 0.2) is 35.3 Å². The van der Waals surface area contributed by atoms with Gasteiger partial charge in [0.2, 0.25) is 5.95 Å². The fourth-order valence-electron chi connectivity index (χ4n) is 1.98. The molecule has 0 bridgehead atoms. The Hall–Kier alpha value is -2.63. The van der Waals surface area contributed by atoms with Crippen LogP contribution in [-0.2, 0) is 7.05 Å². The number of rotatable bonds is 2. The molecule has 0 aliphatic heterocycles. The van der Waals surface area contributed by atoms with Crippen LogP contribution in [-0.4, -0.2) is 19.7 Å². The molecule has 0 fully saturated rings. The topological polar surface area (TPSA) is 75.6 Å². The lowest BCUT2D eigenvalue weighted by Crippen LogP contribution is -2.08. The predicted molar refractivity (Wildman–Crippen MR) is 73.6 cm³/mol. The van der Waals surface area contributed by atoms with E-state index in [2.05, 4.69) is 20.4 Å². The third kappa shape index (κ3) is 2.08. The second-order valence-corrected chi connectivity index (χ2v) is 4.35. The van der Waals surface area contributed by atoms with Gasteiger partial charge in [-0.05, 0) is 25.1 Å². The highest BCUT2D eigenvalue weighted by Gasteiger charge is 2.05. The normalized spacial score (nSPS) is 10.8. The lowest BCUT2D eigenvalue weighted by Gasteiger charge is -2.04. The van der Waals surface area contributed by atoms with Crippen molar-refractivity contribution in [2.24, 2.45) is 7.05 Å². The summed E-state index contributed by atoms with van der Waals surface area (Å²) in [5.41, 5.74) is 2.67. The maximum absolute atomic E-state index is 11.2. The van der Waals surface area contributed by atoms with Crippen molar-refractivity contribution in [3.63, 3.8) is 0 Å². The van der Waals surface area contributed by atoms with Crippen LogP contribution >= 0.6 is 0 Å². The van der Waals surface area contributed by atoms with E-state index >= 15 is 0 Å². The standard InChI is InChI=1S/C13H13N5O/c1-8-10-4-3-9(7-11(10)17-18(8)2)15-13-14-6-5-12(19)16-13/h3-7H,1-2H3,(H2,14,15,16,19). The Morgan fingerprint density at radius 2 is 2.16 bits per heavy atom. The Kier molecular flexibility index (Phi) is 2.56. The van der Waals surface area contributed by atoms with Gasteiger partial charge in [0.25, 0.3) is 5.56 Å². The summed E-state index contributed by atoms with van der Waals surface area (Å²) >= 11 is 0. The third-order valence-corrected chi connectivity index (χ3v) is 3.06. The van der Waals surface area contributed by atoms with Crippen LogP contribution in [0.1, 0.15) is 5.69 Å². The molecule has 3 aromatic rings. The van der Waals surface area contributed by atoms with E-state index in [4.69, 9.17) is 0 Å². The first-order chi connectivity index (χ1) is 9.13. The van der Waals surface area contributed by atoms with Crippen LogP contribution in [0.4, 0.5) is 11.6 Å². The van der Waals surface area contributed by atoms with Crippen molar-refractivity contribution in [2.75, 3.05) is 5.32 Å². The average molecular weight is 255 g/mol. The molecule has 0 saturated carbocycles. The Labute approximate surface area is 109 Å². The van der Waals surface area contributed by atoms with Crippen molar-refractivity contribution in [3.05, 3.63) is 46.5 Å². The van der Waals surface area contributed by atoms with Crippen molar-refractivity contribution >= 4 is 22.5 Å². The molecular formula is C13H13N5O. The van der Waals surface area contributed by atoms with E-state index in [1.54, 1.807) is 0 Å². The van der Waals surface area contributed by atoms with Crippen molar-refractivity contribution in [2.45, 2.75) is 6.92 Å².